The fourth-order valence-electron chi connectivity index (χ4n) is 2.82. The van der Waals surface area contributed by atoms with Crippen LogP contribution in [-0.4, -0.2) is 63.8 Å². The summed E-state index contributed by atoms with van der Waals surface area (Å²) in [6.07, 6.45) is -1.81. The van der Waals surface area contributed by atoms with Crippen molar-refractivity contribution in [2.24, 2.45) is 0 Å². The second-order valence-corrected chi connectivity index (χ2v) is 15.4. The molecule has 0 aliphatic carbocycles. The van der Waals surface area contributed by atoms with Crippen LogP contribution in [0.1, 0.15) is 38.5 Å². The van der Waals surface area contributed by atoms with Crippen molar-refractivity contribution in [2.75, 3.05) is 6.54 Å². The number of carbonyl (C=O) groups is 1. The smallest absolute Gasteiger partial charge is 0.368 e. The van der Waals surface area contributed by atoms with Crippen LogP contribution in [0.2, 0.25) is 0 Å². The summed E-state index contributed by atoms with van der Waals surface area (Å²) in [5, 5.41) is 15.9. The molecule has 3 rings (SSSR count). The number of amides is 1. The van der Waals surface area contributed by atoms with Crippen LogP contribution in [0.25, 0.3) is 0 Å². The second kappa shape index (κ2) is 8.98. The van der Waals surface area contributed by atoms with E-state index in [1.807, 2.05) is 0 Å². The first kappa shape index (κ1) is 27.2. The van der Waals surface area contributed by atoms with Crippen molar-refractivity contribution in [2.45, 2.75) is 55.2 Å². The number of nitrogens with one attached hydrogen (secondary N) is 1. The zero-order valence-electron chi connectivity index (χ0n) is 15.7. The molecule has 0 radical (unpaired) electrons. The molecule has 3 aliphatic heterocycles. The predicted molar refractivity (Wildman–Crippen MR) is 99.2 cm³/mol. The van der Waals surface area contributed by atoms with E-state index in [2.05, 4.69) is 18.9 Å². The lowest BCUT2D eigenvalue weighted by Crippen LogP contribution is -2.49. The summed E-state index contributed by atoms with van der Waals surface area (Å²) in [5.41, 5.74) is 0. The third kappa shape index (κ3) is 5.24. The maximum Gasteiger partial charge on any atom is 0.382 e. The molecule has 20 heteroatoms. The fraction of sp³-hybridized carbons (Fsp3) is 0.909. The summed E-state index contributed by atoms with van der Waals surface area (Å²) < 4.78 is 60.3. The molecule has 0 saturated carbocycles. The van der Waals surface area contributed by atoms with Gasteiger partial charge in [-0.25, -0.2) is 13.6 Å². The Labute approximate surface area is 175 Å². The van der Waals surface area contributed by atoms with Gasteiger partial charge >= 0.3 is 30.4 Å². The summed E-state index contributed by atoms with van der Waals surface area (Å²) in [4.78, 5) is 57.6. The van der Waals surface area contributed by atoms with Crippen LogP contribution in [0.5, 0.6) is 0 Å². The van der Waals surface area contributed by atoms with Crippen molar-refractivity contribution >= 4 is 36.3 Å². The SMILES string of the molecule is O=C(CCCCCC(O)(P(=O)(O)O)P(=O)(O)O)NCCC1(O)P(=O)(O)OC2OP1(=O)O2. The Bertz CT molecular complexity index is 853. The van der Waals surface area contributed by atoms with E-state index in [1.165, 1.54) is 0 Å². The lowest BCUT2D eigenvalue weighted by atomic mass is 10.1. The van der Waals surface area contributed by atoms with Crippen LogP contribution in [0, 0.1) is 0 Å². The summed E-state index contributed by atoms with van der Waals surface area (Å²) in [6.45, 7) is -2.01. The third-order valence-electron chi connectivity index (χ3n) is 4.70. The number of rotatable bonds is 11. The Balaban J connectivity index is 1.75. The molecule has 0 spiro atoms. The minimum Gasteiger partial charge on any atom is -0.368 e. The van der Waals surface area contributed by atoms with E-state index in [-0.39, 0.29) is 25.7 Å². The van der Waals surface area contributed by atoms with Gasteiger partial charge in [0, 0.05) is 19.4 Å². The van der Waals surface area contributed by atoms with Crippen LogP contribution >= 0.6 is 30.4 Å². The average Bonchev–Trinajstić information content (AvgIpc) is 2.55. The minimum atomic E-state index is -5.54. The lowest BCUT2D eigenvalue weighted by Gasteiger charge is -2.49. The number of hydrogen-bond donors (Lipinski definition) is 8. The van der Waals surface area contributed by atoms with E-state index in [0.29, 0.717) is 0 Å². The van der Waals surface area contributed by atoms with Crippen molar-refractivity contribution < 1.29 is 71.3 Å². The van der Waals surface area contributed by atoms with Gasteiger partial charge in [0.25, 0.3) is 16.6 Å². The van der Waals surface area contributed by atoms with Crippen LogP contribution in [-0.2, 0) is 36.6 Å². The van der Waals surface area contributed by atoms with E-state index in [0.717, 1.165) is 0 Å². The van der Waals surface area contributed by atoms with Crippen molar-refractivity contribution in [3.05, 3.63) is 0 Å². The molecule has 3 fully saturated rings. The molecule has 2 atom stereocenters. The first-order chi connectivity index (χ1) is 13.9. The van der Waals surface area contributed by atoms with Gasteiger partial charge in [-0.05, 0) is 19.3 Å². The second-order valence-electron chi connectivity index (χ2n) is 6.92. The van der Waals surface area contributed by atoms with Gasteiger partial charge in [-0.2, -0.15) is 0 Å². The Morgan fingerprint density at radius 3 is 2.06 bits per heavy atom. The van der Waals surface area contributed by atoms with Gasteiger partial charge in [-0.3, -0.25) is 23.1 Å². The van der Waals surface area contributed by atoms with Crippen molar-refractivity contribution in [1.29, 1.82) is 0 Å². The minimum absolute atomic E-state index is 0.0671. The van der Waals surface area contributed by atoms with E-state index >= 15 is 0 Å². The van der Waals surface area contributed by atoms with Crippen LogP contribution in [0.3, 0.4) is 0 Å². The fourth-order valence-corrected chi connectivity index (χ4v) is 9.03. The number of unbranched alkanes of at least 4 members (excludes halogenated alkanes) is 2. The molecule has 1 amide bonds. The molecule has 0 aromatic carbocycles. The van der Waals surface area contributed by atoms with Gasteiger partial charge in [0.2, 0.25) is 5.91 Å². The van der Waals surface area contributed by atoms with Gasteiger partial charge in [-0.15, -0.1) is 0 Å². The highest BCUT2D eigenvalue weighted by Crippen LogP contribution is 2.85. The summed E-state index contributed by atoms with van der Waals surface area (Å²) in [5.74, 6) is -0.611. The number of fused-ring (bicyclic) bond motifs is 2. The van der Waals surface area contributed by atoms with Gasteiger partial charge in [0.05, 0.1) is 0 Å². The van der Waals surface area contributed by atoms with E-state index < -0.39 is 72.3 Å². The standard InChI is InChI=1S/C11H23NO15P4/c13-8(4-2-1-3-5-10(14,28(16,17)18)29(19,20)21)12-7-6-11(15)30(22,23)25-9-26-31(11,24)27-9/h9,14-15H,1-7H2,(H,12,13)(H,22,23)(H2,16,17,18)(H2,19,20,21). The first-order valence-electron chi connectivity index (χ1n) is 8.70. The lowest BCUT2D eigenvalue weighted by molar-refractivity contribution is -0.243. The normalized spacial score (nSPS) is 33.6. The predicted octanol–water partition coefficient (Wildman–Crippen LogP) is -0.170. The molecule has 3 saturated heterocycles. The number of hydrogen-bond acceptors (Lipinski definition) is 10. The van der Waals surface area contributed by atoms with Gasteiger partial charge in [0.1, 0.15) is 0 Å². The largest absolute Gasteiger partial charge is 0.382 e. The molecule has 0 aromatic heterocycles. The maximum absolute atomic E-state index is 12.2. The quantitative estimate of drug-likeness (QED) is 0.127. The molecule has 3 heterocycles. The molecule has 31 heavy (non-hydrogen) atoms. The molecule has 182 valence electrons. The van der Waals surface area contributed by atoms with Crippen molar-refractivity contribution in [1.82, 2.24) is 5.32 Å². The molecule has 2 unspecified atom stereocenters. The monoisotopic (exact) mass is 533 g/mol. The molecule has 16 nitrogen and oxygen atoms in total. The topological polar surface area (TPSA) is 267 Å². The first-order valence-corrected chi connectivity index (χ1v) is 15.0. The Hall–Kier alpha value is -0.0100. The zero-order chi connectivity index (χ0) is 23.9. The van der Waals surface area contributed by atoms with E-state index in [4.69, 9.17) is 19.6 Å². The Kier molecular flexibility index (Phi) is 7.89. The Morgan fingerprint density at radius 2 is 1.58 bits per heavy atom. The van der Waals surface area contributed by atoms with Crippen molar-refractivity contribution in [3.8, 4) is 0 Å². The van der Waals surface area contributed by atoms with Crippen LogP contribution in [0.15, 0.2) is 0 Å². The Morgan fingerprint density at radius 1 is 1.03 bits per heavy atom. The highest BCUT2D eigenvalue weighted by atomic mass is 31.2. The van der Waals surface area contributed by atoms with Gasteiger partial charge in [-0.1, -0.05) is 6.42 Å². The summed E-state index contributed by atoms with van der Waals surface area (Å²) in [6, 6.07) is 0. The molecule has 0 aromatic rings. The maximum atomic E-state index is 12.2. The van der Waals surface area contributed by atoms with Gasteiger partial charge in [0.15, 0.2) is 0 Å². The molecule has 8 N–H and O–H groups in total. The molecule has 3 aliphatic rings. The van der Waals surface area contributed by atoms with E-state index in [9.17, 15) is 38.2 Å². The summed E-state index contributed by atoms with van der Waals surface area (Å²) >= 11 is 0. The number of carbonyl (C=O) groups excluding carboxylic acids is 1. The average molecular weight is 533 g/mol. The number of aliphatic hydroxyl groups is 2. The van der Waals surface area contributed by atoms with Crippen LogP contribution < -0.4 is 5.32 Å². The van der Waals surface area contributed by atoms with E-state index in [1.54, 1.807) is 0 Å². The molecular formula is C11H23NO15P4. The molecule has 2 bridgehead atoms. The van der Waals surface area contributed by atoms with Crippen molar-refractivity contribution in [3.63, 3.8) is 0 Å². The zero-order valence-corrected chi connectivity index (χ0v) is 19.3. The molecular weight excluding hydrogens is 510 g/mol. The summed E-state index contributed by atoms with van der Waals surface area (Å²) in [7, 11) is -20.2. The van der Waals surface area contributed by atoms with Gasteiger partial charge < -0.3 is 40.0 Å². The highest BCUT2D eigenvalue weighted by molar-refractivity contribution is 7.74. The van der Waals surface area contributed by atoms with Crippen LogP contribution in [0.4, 0.5) is 0 Å². The third-order valence-corrected chi connectivity index (χ3v) is 13.7. The highest BCUT2D eigenvalue weighted by Gasteiger charge is 2.75.